The van der Waals surface area contributed by atoms with Gasteiger partial charge in [0.2, 0.25) is 0 Å². The molecule has 2 heteroatoms. The van der Waals surface area contributed by atoms with Crippen LogP contribution in [-0.4, -0.2) is 17.0 Å². The van der Waals surface area contributed by atoms with Crippen molar-refractivity contribution in [2.24, 2.45) is 11.3 Å². The minimum atomic E-state index is -0.338. The fourth-order valence-electron chi connectivity index (χ4n) is 2.71. The largest absolute Gasteiger partial charge is 0.392 e. The van der Waals surface area contributed by atoms with E-state index in [1.165, 1.54) is 0 Å². The van der Waals surface area contributed by atoms with Crippen molar-refractivity contribution in [3.63, 3.8) is 0 Å². The monoisotopic (exact) mass is 184 g/mol. The van der Waals surface area contributed by atoms with Gasteiger partial charge in [0.25, 0.3) is 0 Å². The highest BCUT2D eigenvalue weighted by atomic mass is 16.3. The number of carbonyl (C=O) groups excluding carboxylic acids is 1. The Bertz CT molecular complexity index is 200. The van der Waals surface area contributed by atoms with Crippen LogP contribution in [0.2, 0.25) is 0 Å². The molecule has 76 valence electrons. The van der Waals surface area contributed by atoms with Gasteiger partial charge in [0.1, 0.15) is 5.78 Å². The molecule has 0 spiro atoms. The van der Waals surface area contributed by atoms with Crippen LogP contribution in [0.3, 0.4) is 0 Å². The highest BCUT2D eigenvalue weighted by molar-refractivity contribution is 5.85. The topological polar surface area (TPSA) is 37.3 Å². The summed E-state index contributed by atoms with van der Waals surface area (Å²) in [6.45, 7) is 6.14. The van der Waals surface area contributed by atoms with E-state index in [1.807, 2.05) is 13.8 Å². The van der Waals surface area contributed by atoms with Crippen molar-refractivity contribution >= 4 is 5.78 Å². The summed E-state index contributed by atoms with van der Waals surface area (Å²) in [5.74, 6) is 0.264. The molecule has 2 aliphatic carbocycles. The van der Waals surface area contributed by atoms with E-state index >= 15 is 0 Å². The van der Waals surface area contributed by atoms with Crippen molar-refractivity contribution in [1.29, 1.82) is 0 Å². The molecular formula is C11H20O2. The van der Waals surface area contributed by atoms with Crippen molar-refractivity contribution in [3.8, 4) is 0 Å². The summed E-state index contributed by atoms with van der Waals surface area (Å²) < 4.78 is 0. The number of rotatable bonds is 0. The number of carbonyl (C=O) groups is 1. The third-order valence-corrected chi connectivity index (χ3v) is 3.44. The van der Waals surface area contributed by atoms with E-state index in [0.717, 1.165) is 19.3 Å². The van der Waals surface area contributed by atoms with Crippen LogP contribution in [0.4, 0.5) is 0 Å². The highest BCUT2D eigenvalue weighted by Gasteiger charge is 2.52. The van der Waals surface area contributed by atoms with Gasteiger partial charge in [0.15, 0.2) is 0 Å². The molecule has 0 radical (unpaired) electrons. The zero-order valence-electron chi connectivity index (χ0n) is 8.84. The van der Waals surface area contributed by atoms with Crippen molar-refractivity contribution in [2.75, 3.05) is 0 Å². The Morgan fingerprint density at radius 3 is 2.54 bits per heavy atom. The summed E-state index contributed by atoms with van der Waals surface area (Å²) >= 11 is 0. The Hall–Kier alpha value is -0.370. The minimum absolute atomic E-state index is 0.0255. The lowest BCUT2D eigenvalue weighted by molar-refractivity contribution is -0.124. The van der Waals surface area contributed by atoms with Crippen LogP contribution in [0.1, 0.15) is 46.5 Å². The summed E-state index contributed by atoms with van der Waals surface area (Å²) in [4.78, 5) is 11.3. The lowest BCUT2D eigenvalue weighted by Crippen LogP contribution is -2.27. The predicted octanol–water partition coefficient (Wildman–Crippen LogP) is 2.15. The van der Waals surface area contributed by atoms with Gasteiger partial charge in [0, 0.05) is 12.3 Å². The van der Waals surface area contributed by atoms with Gasteiger partial charge in [0.05, 0.1) is 6.10 Å². The Kier molecular flexibility index (Phi) is 3.12. The van der Waals surface area contributed by atoms with E-state index in [4.69, 9.17) is 0 Å². The van der Waals surface area contributed by atoms with Crippen LogP contribution < -0.4 is 0 Å². The Morgan fingerprint density at radius 1 is 1.38 bits per heavy atom. The fraction of sp³-hybridized carbons (Fsp3) is 0.909. The smallest absolute Gasteiger partial charge is 0.139 e. The second kappa shape index (κ2) is 3.79. The molecule has 0 aromatic rings. The van der Waals surface area contributed by atoms with Crippen molar-refractivity contribution in [3.05, 3.63) is 0 Å². The molecule has 2 nitrogen and oxygen atoms in total. The maximum absolute atomic E-state index is 11.3. The van der Waals surface area contributed by atoms with E-state index in [-0.39, 0.29) is 23.2 Å². The molecule has 0 bridgehead atoms. The second-order valence-corrected chi connectivity index (χ2v) is 4.20. The summed E-state index contributed by atoms with van der Waals surface area (Å²) in [6, 6.07) is 0. The second-order valence-electron chi connectivity index (χ2n) is 4.20. The molecule has 0 saturated heterocycles. The Balaban J connectivity index is 0.000000396. The molecule has 0 aliphatic heterocycles. The predicted molar refractivity (Wildman–Crippen MR) is 52.4 cm³/mol. The van der Waals surface area contributed by atoms with Gasteiger partial charge in [-0.25, -0.2) is 0 Å². The average Bonchev–Trinajstić information content (AvgIpc) is 2.58. The normalized spacial score (nSPS) is 42.6. The zero-order valence-corrected chi connectivity index (χ0v) is 8.84. The number of hydrogen-bond acceptors (Lipinski definition) is 2. The molecule has 3 atom stereocenters. The number of ketones is 1. The molecule has 0 aromatic carbocycles. The van der Waals surface area contributed by atoms with Gasteiger partial charge in [-0.1, -0.05) is 20.8 Å². The van der Waals surface area contributed by atoms with Crippen LogP contribution >= 0.6 is 0 Å². The first kappa shape index (κ1) is 10.7. The van der Waals surface area contributed by atoms with E-state index in [1.54, 1.807) is 0 Å². The summed E-state index contributed by atoms with van der Waals surface area (Å²) in [5, 5.41) is 9.51. The van der Waals surface area contributed by atoms with E-state index < -0.39 is 0 Å². The van der Waals surface area contributed by atoms with Gasteiger partial charge >= 0.3 is 0 Å². The maximum Gasteiger partial charge on any atom is 0.139 e. The lowest BCUT2D eigenvalue weighted by Gasteiger charge is -2.22. The molecule has 2 unspecified atom stereocenters. The van der Waals surface area contributed by atoms with Gasteiger partial charge in [-0.05, 0) is 24.7 Å². The van der Waals surface area contributed by atoms with Crippen LogP contribution in [-0.2, 0) is 4.79 Å². The average molecular weight is 184 g/mol. The first-order valence-corrected chi connectivity index (χ1v) is 5.34. The van der Waals surface area contributed by atoms with Gasteiger partial charge in [-0.3, -0.25) is 4.79 Å². The minimum Gasteiger partial charge on any atom is -0.392 e. The quantitative estimate of drug-likeness (QED) is 0.626. The van der Waals surface area contributed by atoms with Crippen LogP contribution in [0.15, 0.2) is 0 Å². The van der Waals surface area contributed by atoms with Crippen LogP contribution in [0, 0.1) is 11.3 Å². The molecule has 2 fully saturated rings. The molecule has 2 rings (SSSR count). The molecule has 2 saturated carbocycles. The molecular weight excluding hydrogens is 164 g/mol. The van der Waals surface area contributed by atoms with Crippen molar-refractivity contribution in [2.45, 2.75) is 52.6 Å². The highest BCUT2D eigenvalue weighted by Crippen LogP contribution is 2.51. The molecule has 0 aromatic heterocycles. The van der Waals surface area contributed by atoms with Gasteiger partial charge in [-0.15, -0.1) is 0 Å². The Labute approximate surface area is 80.3 Å². The molecule has 13 heavy (non-hydrogen) atoms. The zero-order chi connectivity index (χ0) is 10.1. The fourth-order valence-corrected chi connectivity index (χ4v) is 2.71. The number of aliphatic hydroxyl groups is 1. The van der Waals surface area contributed by atoms with Gasteiger partial charge < -0.3 is 5.11 Å². The van der Waals surface area contributed by atoms with Crippen LogP contribution in [0.5, 0.6) is 0 Å². The maximum atomic E-state index is 11.3. The molecule has 0 heterocycles. The Morgan fingerprint density at radius 2 is 2.00 bits per heavy atom. The van der Waals surface area contributed by atoms with E-state index in [0.29, 0.717) is 6.42 Å². The third-order valence-electron chi connectivity index (χ3n) is 3.44. The van der Waals surface area contributed by atoms with Crippen molar-refractivity contribution < 1.29 is 9.90 Å². The SMILES string of the molecule is CC.C[C@@]12CCC(=O)C1C(O)CC2. The van der Waals surface area contributed by atoms with Crippen molar-refractivity contribution in [1.82, 2.24) is 0 Å². The first-order chi connectivity index (χ1) is 6.13. The first-order valence-electron chi connectivity index (χ1n) is 5.34. The summed E-state index contributed by atoms with van der Waals surface area (Å²) in [6.07, 6.45) is 3.21. The van der Waals surface area contributed by atoms with E-state index in [2.05, 4.69) is 6.92 Å². The molecule has 2 aliphatic rings. The standard InChI is InChI=1S/C9H14O2.C2H6/c1-9-4-2-6(10)8(9)7(11)3-5-9;1-2/h6,8,10H,2-5H2,1H3;1-2H3/t6?,8?,9-;/m1./s1. The third kappa shape index (κ3) is 1.64. The van der Waals surface area contributed by atoms with Crippen LogP contribution in [0.25, 0.3) is 0 Å². The molecule has 1 N–H and O–H groups in total. The van der Waals surface area contributed by atoms with E-state index in [9.17, 15) is 9.90 Å². The summed E-state index contributed by atoms with van der Waals surface area (Å²) in [5.41, 5.74) is 0.149. The molecule has 0 amide bonds. The summed E-state index contributed by atoms with van der Waals surface area (Å²) in [7, 11) is 0. The number of hydrogen-bond donors (Lipinski definition) is 1. The van der Waals surface area contributed by atoms with Gasteiger partial charge in [-0.2, -0.15) is 0 Å². The number of aliphatic hydroxyl groups excluding tert-OH is 1. The lowest BCUT2D eigenvalue weighted by atomic mass is 9.82. The number of fused-ring (bicyclic) bond motifs is 1. The number of Topliss-reactive ketones (excluding diaryl/α,β-unsaturated/α-hetero) is 1.